The fraction of sp³-hybridized carbons (Fsp3) is 0.542. The van der Waals surface area contributed by atoms with Gasteiger partial charge in [0, 0.05) is 25.3 Å². The Hall–Kier alpha value is -2.32. The minimum Gasteiger partial charge on any atom is -0.382 e. The molecule has 0 atom stereocenters. The normalized spacial score (nSPS) is 20.0. The molecule has 2 aromatic rings. The molecule has 1 amide bonds. The maximum atomic E-state index is 13.6. The lowest BCUT2D eigenvalue weighted by Crippen LogP contribution is -2.54. The molecule has 9 nitrogen and oxygen atoms in total. The molecular weight excluding hydrogens is 551 g/mol. The number of carbonyl (C=O) groups excluding carboxylic acids is 1. The minimum atomic E-state index is -4.22. The van der Waals surface area contributed by atoms with E-state index in [-0.39, 0.29) is 49.1 Å². The lowest BCUT2D eigenvalue weighted by Gasteiger charge is -2.37. The summed E-state index contributed by atoms with van der Waals surface area (Å²) < 4.78 is 72.9. The third kappa shape index (κ3) is 7.63. The van der Waals surface area contributed by atoms with Gasteiger partial charge in [0.05, 0.1) is 41.8 Å². The highest BCUT2D eigenvalue weighted by Gasteiger charge is 2.53. The number of nitrogens with zero attached hydrogens (tertiary/aromatic N) is 2. The molecule has 212 valence electrons. The fourth-order valence-corrected chi connectivity index (χ4v) is 6.38. The van der Waals surface area contributed by atoms with Crippen molar-refractivity contribution in [3.8, 4) is 11.3 Å². The SMILES string of the molecule is COCCOC1CCC(C(=O)NO)(S(=O)(=O)c2ccc(-c3cnc(CCCC(F)(F)F)cn3)cc2)CC1.Cl. The first-order valence-corrected chi connectivity index (χ1v) is 13.3. The topological polar surface area (TPSA) is 128 Å². The van der Waals surface area contributed by atoms with Crippen LogP contribution in [0, 0.1) is 0 Å². The van der Waals surface area contributed by atoms with Gasteiger partial charge in [-0.2, -0.15) is 13.2 Å². The van der Waals surface area contributed by atoms with Crippen molar-refractivity contribution in [1.29, 1.82) is 0 Å². The lowest BCUT2D eigenvalue weighted by molar-refractivity contribution is -0.135. The number of rotatable bonds is 11. The van der Waals surface area contributed by atoms with Gasteiger partial charge in [-0.1, -0.05) is 12.1 Å². The summed E-state index contributed by atoms with van der Waals surface area (Å²) in [5.41, 5.74) is 2.91. The lowest BCUT2D eigenvalue weighted by atomic mass is 9.86. The molecule has 0 radical (unpaired) electrons. The highest BCUT2D eigenvalue weighted by molar-refractivity contribution is 7.93. The number of nitrogens with one attached hydrogen (secondary N) is 1. The van der Waals surface area contributed by atoms with Gasteiger partial charge in [-0.3, -0.25) is 20.0 Å². The second-order valence-electron chi connectivity index (χ2n) is 8.89. The molecule has 1 aromatic carbocycles. The van der Waals surface area contributed by atoms with Crippen molar-refractivity contribution in [2.45, 2.75) is 66.9 Å². The van der Waals surface area contributed by atoms with Gasteiger partial charge in [-0.15, -0.1) is 12.4 Å². The van der Waals surface area contributed by atoms with Crippen LogP contribution >= 0.6 is 12.4 Å². The number of aromatic nitrogens is 2. The average Bonchev–Trinajstić information content (AvgIpc) is 2.88. The summed E-state index contributed by atoms with van der Waals surface area (Å²) in [6, 6.07) is 5.75. The molecule has 0 aliphatic heterocycles. The Labute approximate surface area is 225 Å². The number of hydrogen-bond donors (Lipinski definition) is 2. The van der Waals surface area contributed by atoms with Crippen molar-refractivity contribution in [3.63, 3.8) is 0 Å². The Balaban J connectivity index is 0.00000507. The predicted molar refractivity (Wildman–Crippen MR) is 134 cm³/mol. The summed E-state index contributed by atoms with van der Waals surface area (Å²) in [4.78, 5) is 20.9. The number of halogens is 4. The van der Waals surface area contributed by atoms with Crippen molar-refractivity contribution in [2.24, 2.45) is 0 Å². The van der Waals surface area contributed by atoms with Gasteiger partial charge in [0.25, 0.3) is 5.91 Å². The number of methoxy groups -OCH3 is 1. The van der Waals surface area contributed by atoms with Crippen LogP contribution in [-0.2, 0) is 30.5 Å². The van der Waals surface area contributed by atoms with E-state index in [1.165, 1.54) is 42.1 Å². The smallest absolute Gasteiger partial charge is 0.382 e. The van der Waals surface area contributed by atoms with Gasteiger partial charge in [0.1, 0.15) is 0 Å². The predicted octanol–water partition coefficient (Wildman–Crippen LogP) is 4.07. The summed E-state index contributed by atoms with van der Waals surface area (Å²) in [5.74, 6) is -0.987. The van der Waals surface area contributed by atoms with Gasteiger partial charge < -0.3 is 9.47 Å². The standard InChI is InChI=1S/C24H30F3N3O6S.ClH/c1-35-13-14-36-19-8-11-23(12-9-19,22(31)30-32)37(33,34)20-6-4-17(5-7-20)21-16-28-18(15-29-21)3-2-10-24(25,26)27;/h4-7,15-16,19,32H,2-3,8-14H2,1H3,(H,30,31);1H. The number of amides is 1. The molecule has 1 fully saturated rings. The van der Waals surface area contributed by atoms with Crippen molar-refractivity contribution >= 4 is 28.2 Å². The quantitative estimate of drug-likeness (QED) is 0.231. The van der Waals surface area contributed by atoms with E-state index < -0.39 is 33.1 Å². The van der Waals surface area contributed by atoms with Crippen LogP contribution in [0.5, 0.6) is 0 Å². The third-order valence-corrected chi connectivity index (χ3v) is 8.99. The number of sulfone groups is 1. The summed E-state index contributed by atoms with van der Waals surface area (Å²) >= 11 is 0. The molecule has 1 aromatic heterocycles. The molecule has 0 unspecified atom stereocenters. The Morgan fingerprint density at radius 2 is 1.79 bits per heavy atom. The maximum Gasteiger partial charge on any atom is 0.389 e. The van der Waals surface area contributed by atoms with Gasteiger partial charge in [-0.05, 0) is 50.7 Å². The highest BCUT2D eigenvalue weighted by Crippen LogP contribution is 2.40. The molecule has 1 heterocycles. The molecule has 1 aliphatic rings. The molecule has 1 saturated carbocycles. The van der Waals surface area contributed by atoms with Crippen molar-refractivity contribution in [1.82, 2.24) is 15.4 Å². The number of carbonyl (C=O) groups is 1. The van der Waals surface area contributed by atoms with Gasteiger partial charge in [0.2, 0.25) is 0 Å². The first kappa shape index (κ1) is 31.9. The average molecular weight is 582 g/mol. The van der Waals surface area contributed by atoms with E-state index in [1.54, 1.807) is 7.11 Å². The van der Waals surface area contributed by atoms with Crippen LogP contribution in [0.2, 0.25) is 0 Å². The molecule has 2 N–H and O–H groups in total. The Morgan fingerprint density at radius 3 is 2.32 bits per heavy atom. The van der Waals surface area contributed by atoms with Gasteiger partial charge >= 0.3 is 6.18 Å². The van der Waals surface area contributed by atoms with Crippen LogP contribution in [0.15, 0.2) is 41.6 Å². The summed E-state index contributed by atoms with van der Waals surface area (Å²) in [5, 5.41) is 9.33. The summed E-state index contributed by atoms with van der Waals surface area (Å²) in [6.07, 6.45) is -1.90. The summed E-state index contributed by atoms with van der Waals surface area (Å²) in [6.45, 7) is 0.751. The van der Waals surface area contributed by atoms with Crippen LogP contribution in [0.25, 0.3) is 11.3 Å². The second-order valence-corrected chi connectivity index (χ2v) is 11.1. The Morgan fingerprint density at radius 1 is 1.13 bits per heavy atom. The monoisotopic (exact) mass is 581 g/mol. The number of hydroxylamine groups is 1. The molecule has 0 saturated heterocycles. The number of aryl methyl sites for hydroxylation is 1. The molecule has 0 bridgehead atoms. The highest BCUT2D eigenvalue weighted by atomic mass is 35.5. The van der Waals surface area contributed by atoms with Crippen LogP contribution in [0.4, 0.5) is 13.2 Å². The van der Waals surface area contributed by atoms with Crippen LogP contribution < -0.4 is 5.48 Å². The molecule has 3 rings (SSSR count). The number of hydrogen-bond acceptors (Lipinski definition) is 8. The fourth-order valence-electron chi connectivity index (χ4n) is 4.38. The zero-order chi connectivity index (χ0) is 27.1. The van der Waals surface area contributed by atoms with Crippen molar-refractivity contribution < 1.29 is 41.1 Å². The molecule has 0 spiro atoms. The van der Waals surface area contributed by atoms with Crippen LogP contribution in [0.1, 0.15) is 44.2 Å². The van der Waals surface area contributed by atoms with E-state index in [2.05, 4.69) is 9.97 Å². The van der Waals surface area contributed by atoms with E-state index in [0.29, 0.717) is 43.0 Å². The zero-order valence-electron chi connectivity index (χ0n) is 20.7. The van der Waals surface area contributed by atoms with Crippen molar-refractivity contribution in [3.05, 3.63) is 42.4 Å². The van der Waals surface area contributed by atoms with Crippen LogP contribution in [0.3, 0.4) is 0 Å². The largest absolute Gasteiger partial charge is 0.389 e. The van der Waals surface area contributed by atoms with Crippen LogP contribution in [-0.4, -0.2) is 66.9 Å². The van der Waals surface area contributed by atoms with E-state index >= 15 is 0 Å². The van der Waals surface area contributed by atoms with E-state index in [0.717, 1.165) is 0 Å². The Bertz CT molecular complexity index is 1140. The van der Waals surface area contributed by atoms with E-state index in [1.807, 2.05) is 0 Å². The first-order chi connectivity index (χ1) is 17.5. The maximum absolute atomic E-state index is 13.6. The molecule has 14 heteroatoms. The summed E-state index contributed by atoms with van der Waals surface area (Å²) in [7, 11) is -2.65. The molecule has 1 aliphatic carbocycles. The second kappa shape index (κ2) is 13.7. The van der Waals surface area contributed by atoms with Gasteiger partial charge in [0.15, 0.2) is 14.6 Å². The first-order valence-electron chi connectivity index (χ1n) is 11.8. The number of benzene rings is 1. The Kier molecular flexibility index (Phi) is 11.5. The third-order valence-electron chi connectivity index (χ3n) is 6.47. The van der Waals surface area contributed by atoms with Gasteiger partial charge in [-0.25, -0.2) is 13.9 Å². The minimum absolute atomic E-state index is 0. The zero-order valence-corrected chi connectivity index (χ0v) is 22.4. The van der Waals surface area contributed by atoms with Crippen molar-refractivity contribution in [2.75, 3.05) is 20.3 Å². The van der Waals surface area contributed by atoms with E-state index in [4.69, 9.17) is 9.47 Å². The molecular formula is C24H31ClF3N3O6S. The number of ether oxygens (including phenoxy) is 2. The number of alkyl halides is 3. The van der Waals surface area contributed by atoms with E-state index in [9.17, 15) is 31.6 Å². The molecule has 38 heavy (non-hydrogen) atoms.